The Labute approximate surface area is 155 Å². The molecule has 1 aromatic carbocycles. The van der Waals surface area contributed by atoms with Crippen LogP contribution < -0.4 is 4.74 Å². The van der Waals surface area contributed by atoms with Crippen molar-refractivity contribution in [3.8, 4) is 11.5 Å². The van der Waals surface area contributed by atoms with Crippen LogP contribution in [0.15, 0.2) is 24.7 Å². The number of ether oxygens (including phenoxy) is 1. The Hall–Kier alpha value is -3.17. The van der Waals surface area contributed by atoms with Crippen LogP contribution in [0.4, 0.5) is 0 Å². The van der Waals surface area contributed by atoms with Gasteiger partial charge in [0.05, 0.1) is 6.33 Å². The fourth-order valence-corrected chi connectivity index (χ4v) is 2.89. The molecule has 1 aromatic heterocycles. The summed E-state index contributed by atoms with van der Waals surface area (Å²) in [7, 11) is 0.702. The number of aryl methyl sites for hydroxylation is 1. The standard InChI is InChI=1S/C17H18BN3O6/c22-14(5-11-6-19-9-20-11)21-7-12(8-21)27-13-2-1-10(3-4-18-26)16(23)15(13)17(24)25/h1-2,6,9,12,23H,3-5,7-8H2,(H,19,20)(H,24,25). The minimum absolute atomic E-state index is 0.0421. The summed E-state index contributed by atoms with van der Waals surface area (Å²) in [6, 6.07) is 3.01. The number of likely N-dealkylation sites (tertiary alicyclic amines) is 1. The van der Waals surface area contributed by atoms with E-state index in [4.69, 9.17) is 4.74 Å². The summed E-state index contributed by atoms with van der Waals surface area (Å²) in [5.41, 5.74) is 0.755. The van der Waals surface area contributed by atoms with Crippen LogP contribution in [-0.4, -0.2) is 63.3 Å². The Morgan fingerprint density at radius 1 is 1.37 bits per heavy atom. The fourth-order valence-electron chi connectivity index (χ4n) is 2.89. The third-order valence-corrected chi connectivity index (χ3v) is 4.36. The van der Waals surface area contributed by atoms with Crippen LogP contribution in [0.1, 0.15) is 21.6 Å². The SMILES string of the molecule is O=BCCc1ccc(OC2CN(C(=O)Cc3cnc[nH]3)C2)c(C(=O)O)c1O. The molecule has 0 unspecified atom stereocenters. The number of carboxylic acids is 1. The Bertz CT molecular complexity index is 849. The number of aromatic carboxylic acids is 1. The molecule has 0 aliphatic carbocycles. The van der Waals surface area contributed by atoms with Crippen LogP contribution in [0.5, 0.6) is 11.5 Å². The van der Waals surface area contributed by atoms with E-state index in [1.807, 2.05) is 0 Å². The molecule has 1 aliphatic heterocycles. The van der Waals surface area contributed by atoms with E-state index in [2.05, 4.69) is 9.97 Å². The Morgan fingerprint density at radius 2 is 2.15 bits per heavy atom. The molecule has 0 radical (unpaired) electrons. The van der Waals surface area contributed by atoms with Gasteiger partial charge in [0.2, 0.25) is 0 Å². The van der Waals surface area contributed by atoms with Crippen molar-refractivity contribution in [1.29, 1.82) is 0 Å². The Balaban J connectivity index is 1.63. The van der Waals surface area contributed by atoms with Crippen molar-refractivity contribution in [2.75, 3.05) is 13.1 Å². The molecule has 1 aliphatic rings. The van der Waals surface area contributed by atoms with Crippen molar-refractivity contribution in [3.05, 3.63) is 41.5 Å². The number of aromatic nitrogens is 2. The number of aromatic hydroxyl groups is 1. The molecule has 3 N–H and O–H groups in total. The van der Waals surface area contributed by atoms with Crippen LogP contribution >= 0.6 is 0 Å². The number of carboxylic acid groups (broad SMARTS) is 1. The molecule has 0 bridgehead atoms. The Morgan fingerprint density at radius 3 is 2.78 bits per heavy atom. The minimum atomic E-state index is -1.32. The molecule has 140 valence electrons. The summed E-state index contributed by atoms with van der Waals surface area (Å²) in [5.74, 6) is -1.75. The number of hydrogen-bond donors (Lipinski definition) is 3. The van der Waals surface area contributed by atoms with Crippen LogP contribution in [0.2, 0.25) is 6.32 Å². The van der Waals surface area contributed by atoms with Gasteiger partial charge in [-0.25, -0.2) is 4.98 Å². The van der Waals surface area contributed by atoms with E-state index in [1.54, 1.807) is 17.2 Å². The first kappa shape index (κ1) is 18.6. The van der Waals surface area contributed by atoms with E-state index in [0.717, 1.165) is 0 Å². The van der Waals surface area contributed by atoms with Crippen molar-refractivity contribution in [2.24, 2.45) is 0 Å². The van der Waals surface area contributed by atoms with E-state index in [9.17, 15) is 24.5 Å². The number of amides is 1. The molecule has 3 rings (SSSR count). The molecule has 0 atom stereocenters. The van der Waals surface area contributed by atoms with Gasteiger partial charge in [-0.15, -0.1) is 0 Å². The van der Waals surface area contributed by atoms with Crippen molar-refractivity contribution in [1.82, 2.24) is 14.9 Å². The van der Waals surface area contributed by atoms with Gasteiger partial charge in [0.1, 0.15) is 0 Å². The molecule has 0 saturated carbocycles. The number of nitrogens with one attached hydrogen (secondary N) is 1. The van der Waals surface area contributed by atoms with Gasteiger partial charge in [0, 0.05) is 11.9 Å². The number of hydrogen-bond acceptors (Lipinski definition) is 6. The normalized spacial score (nSPS) is 13.7. The van der Waals surface area contributed by atoms with Crippen LogP contribution in [0, 0.1) is 0 Å². The average molecular weight is 371 g/mol. The predicted molar refractivity (Wildman–Crippen MR) is 93.3 cm³/mol. The number of H-pyrrole nitrogens is 1. The summed E-state index contributed by atoms with van der Waals surface area (Å²) in [4.78, 5) is 32.0. The Kier molecular flexibility index (Phi) is 5.53. The number of rotatable bonds is 8. The summed E-state index contributed by atoms with van der Waals surface area (Å²) in [6.45, 7) is 0.666. The fraction of sp³-hybridized carbons (Fsp3) is 0.353. The molecule has 2 aromatic rings. The van der Waals surface area contributed by atoms with Gasteiger partial charge in [0.15, 0.2) is 0 Å². The van der Waals surface area contributed by atoms with Crippen molar-refractivity contribution < 1.29 is 29.2 Å². The topological polar surface area (TPSA) is 133 Å². The molecule has 27 heavy (non-hydrogen) atoms. The first-order valence-corrected chi connectivity index (χ1v) is 8.43. The van der Waals surface area contributed by atoms with E-state index < -0.39 is 11.7 Å². The zero-order valence-corrected chi connectivity index (χ0v) is 14.4. The van der Waals surface area contributed by atoms with E-state index in [-0.39, 0.29) is 42.5 Å². The average Bonchev–Trinajstić information content (AvgIpc) is 3.09. The zero-order valence-electron chi connectivity index (χ0n) is 14.4. The molecule has 1 saturated heterocycles. The molecular formula is C17H18BN3O6. The van der Waals surface area contributed by atoms with Gasteiger partial charge in [-0.2, -0.15) is 0 Å². The van der Waals surface area contributed by atoms with Gasteiger partial charge in [-0.05, 0) is 0 Å². The third kappa shape index (κ3) is 4.16. The monoisotopic (exact) mass is 371 g/mol. The third-order valence-electron chi connectivity index (χ3n) is 4.36. The number of aromatic amines is 1. The molecule has 1 amide bonds. The van der Waals surface area contributed by atoms with Crippen LogP contribution in [0.3, 0.4) is 0 Å². The summed E-state index contributed by atoms with van der Waals surface area (Å²) in [6.07, 6.45) is 3.37. The summed E-state index contributed by atoms with van der Waals surface area (Å²) >= 11 is 0. The second kappa shape index (κ2) is 8.02. The maximum absolute atomic E-state index is 12.1. The first-order chi connectivity index (χ1) is 13.0. The zero-order chi connectivity index (χ0) is 19.4. The second-order valence-corrected chi connectivity index (χ2v) is 6.25. The quantitative estimate of drug-likeness (QED) is 0.581. The van der Waals surface area contributed by atoms with E-state index in [0.29, 0.717) is 31.5 Å². The number of phenols is 1. The molecule has 2 heterocycles. The van der Waals surface area contributed by atoms with Crippen LogP contribution in [-0.2, 0) is 22.3 Å². The van der Waals surface area contributed by atoms with Crippen molar-refractivity contribution in [2.45, 2.75) is 25.3 Å². The van der Waals surface area contributed by atoms with Crippen LogP contribution in [0.25, 0.3) is 0 Å². The number of carbonyl (C=O) groups excluding carboxylic acids is 1. The first-order valence-electron chi connectivity index (χ1n) is 8.43. The number of nitrogens with zero attached hydrogens (tertiary/aromatic N) is 2. The van der Waals surface area contributed by atoms with E-state index in [1.165, 1.54) is 12.4 Å². The predicted octanol–water partition coefficient (Wildman–Crippen LogP) is 0.656. The number of imidazole rings is 1. The van der Waals surface area contributed by atoms with E-state index >= 15 is 0 Å². The summed E-state index contributed by atoms with van der Waals surface area (Å²) in [5, 5.41) is 19.6. The second-order valence-electron chi connectivity index (χ2n) is 6.25. The summed E-state index contributed by atoms with van der Waals surface area (Å²) < 4.78 is 16.2. The van der Waals surface area contributed by atoms with Gasteiger partial charge in [0.25, 0.3) is 0 Å². The van der Waals surface area contributed by atoms with Crippen molar-refractivity contribution in [3.63, 3.8) is 0 Å². The molecule has 0 spiro atoms. The number of carbonyl (C=O) groups is 2. The molecule has 9 nitrogen and oxygen atoms in total. The van der Waals surface area contributed by atoms with Gasteiger partial charge < -0.3 is 4.98 Å². The molecule has 10 heteroatoms. The maximum atomic E-state index is 12.1. The molecular weight excluding hydrogens is 353 g/mol. The van der Waals surface area contributed by atoms with Gasteiger partial charge >= 0.3 is 126 Å². The van der Waals surface area contributed by atoms with Crippen molar-refractivity contribution >= 4 is 19.0 Å². The molecule has 1 fully saturated rings. The van der Waals surface area contributed by atoms with Gasteiger partial charge in [-0.1, -0.05) is 0 Å². The van der Waals surface area contributed by atoms with Gasteiger partial charge in [-0.3, -0.25) is 0 Å². The number of benzene rings is 1.